The highest BCUT2D eigenvalue weighted by Gasteiger charge is 2.22. The van der Waals surface area contributed by atoms with Crippen LogP contribution in [0.15, 0.2) is 42.5 Å². The summed E-state index contributed by atoms with van der Waals surface area (Å²) in [7, 11) is 0. The number of carbonyl (C=O) groups excluding carboxylic acids is 1. The standard InChI is InChI=1S/C20H19F3N2O3/c1-12-8-13(6-7-20(21,22)23)2-4-16(12)19(27)25-14-3-5-17-18(9-14)28-11-15(10-26)24-17/h2-9,15,24,26H,10-11H2,1H3,(H,25,27)/b7-6+. The number of aliphatic hydroxyl groups is 1. The van der Waals surface area contributed by atoms with Gasteiger partial charge in [-0.1, -0.05) is 18.2 Å². The smallest absolute Gasteiger partial charge is 0.409 e. The molecule has 1 amide bonds. The van der Waals surface area contributed by atoms with E-state index in [1.807, 2.05) is 0 Å². The van der Waals surface area contributed by atoms with Gasteiger partial charge in [-0.05, 0) is 36.2 Å². The van der Waals surface area contributed by atoms with Gasteiger partial charge in [0.2, 0.25) is 0 Å². The number of aryl methyl sites for hydroxylation is 1. The molecule has 1 heterocycles. The summed E-state index contributed by atoms with van der Waals surface area (Å²) in [6.45, 7) is 1.92. The van der Waals surface area contributed by atoms with Crippen molar-refractivity contribution in [3.05, 3.63) is 59.2 Å². The Kier molecular flexibility index (Phi) is 5.60. The molecule has 2 aromatic carbocycles. The fourth-order valence-corrected chi connectivity index (χ4v) is 2.82. The van der Waals surface area contributed by atoms with E-state index in [-0.39, 0.29) is 24.6 Å². The van der Waals surface area contributed by atoms with Crippen LogP contribution in [0.5, 0.6) is 5.75 Å². The molecule has 5 nitrogen and oxygen atoms in total. The molecule has 8 heteroatoms. The molecule has 2 aromatic rings. The number of aliphatic hydroxyl groups excluding tert-OH is 1. The van der Waals surface area contributed by atoms with Crippen LogP contribution in [0.2, 0.25) is 0 Å². The first-order chi connectivity index (χ1) is 13.2. The number of carbonyl (C=O) groups is 1. The zero-order valence-corrected chi connectivity index (χ0v) is 15.0. The van der Waals surface area contributed by atoms with E-state index in [1.165, 1.54) is 18.2 Å². The minimum absolute atomic E-state index is 0.0502. The minimum Gasteiger partial charge on any atom is -0.489 e. The number of benzene rings is 2. The number of rotatable bonds is 4. The SMILES string of the molecule is Cc1cc(/C=C/C(F)(F)F)ccc1C(=O)Nc1ccc2c(c1)OCC(CO)N2. The van der Waals surface area contributed by atoms with Crippen LogP contribution in [0.1, 0.15) is 21.5 Å². The van der Waals surface area contributed by atoms with Gasteiger partial charge in [0.15, 0.2) is 0 Å². The Labute approximate surface area is 159 Å². The van der Waals surface area contributed by atoms with Crippen molar-refractivity contribution in [1.82, 2.24) is 0 Å². The van der Waals surface area contributed by atoms with Gasteiger partial charge >= 0.3 is 6.18 Å². The Hall–Kier alpha value is -3.00. The van der Waals surface area contributed by atoms with Crippen molar-refractivity contribution < 1.29 is 27.8 Å². The van der Waals surface area contributed by atoms with E-state index in [9.17, 15) is 23.1 Å². The summed E-state index contributed by atoms with van der Waals surface area (Å²) in [6, 6.07) is 9.39. The lowest BCUT2D eigenvalue weighted by molar-refractivity contribution is -0.0790. The monoisotopic (exact) mass is 392 g/mol. The molecular formula is C20H19F3N2O3. The number of hydrogen-bond acceptors (Lipinski definition) is 4. The zero-order valence-electron chi connectivity index (χ0n) is 15.0. The molecule has 0 fully saturated rings. The van der Waals surface area contributed by atoms with Crippen molar-refractivity contribution in [2.24, 2.45) is 0 Å². The highest BCUT2D eigenvalue weighted by Crippen LogP contribution is 2.32. The van der Waals surface area contributed by atoms with Gasteiger partial charge < -0.3 is 20.5 Å². The fourth-order valence-electron chi connectivity index (χ4n) is 2.82. The third-order valence-corrected chi connectivity index (χ3v) is 4.22. The largest absolute Gasteiger partial charge is 0.489 e. The van der Waals surface area contributed by atoms with Gasteiger partial charge in [-0.25, -0.2) is 0 Å². The first-order valence-corrected chi connectivity index (χ1v) is 8.57. The number of ether oxygens (including phenoxy) is 1. The summed E-state index contributed by atoms with van der Waals surface area (Å²) in [5.74, 6) is 0.188. The number of anilines is 2. The summed E-state index contributed by atoms with van der Waals surface area (Å²) >= 11 is 0. The minimum atomic E-state index is -4.38. The average molecular weight is 392 g/mol. The molecule has 28 heavy (non-hydrogen) atoms. The van der Waals surface area contributed by atoms with Crippen LogP contribution in [-0.2, 0) is 0 Å². The quantitative estimate of drug-likeness (QED) is 0.736. The van der Waals surface area contributed by atoms with Crippen LogP contribution in [0.3, 0.4) is 0 Å². The molecule has 0 saturated heterocycles. The zero-order chi connectivity index (χ0) is 20.3. The Bertz CT molecular complexity index is 910. The van der Waals surface area contributed by atoms with E-state index < -0.39 is 6.18 Å². The molecule has 0 bridgehead atoms. The second kappa shape index (κ2) is 7.93. The van der Waals surface area contributed by atoms with Crippen molar-refractivity contribution >= 4 is 23.4 Å². The molecule has 0 spiro atoms. The molecule has 3 N–H and O–H groups in total. The second-order valence-corrected chi connectivity index (χ2v) is 6.45. The molecule has 0 aromatic heterocycles. The van der Waals surface area contributed by atoms with E-state index in [1.54, 1.807) is 25.1 Å². The molecule has 1 aliphatic rings. The summed E-state index contributed by atoms with van der Waals surface area (Å²) < 4.78 is 42.4. The van der Waals surface area contributed by atoms with Gasteiger partial charge in [-0.15, -0.1) is 0 Å². The molecule has 1 atom stereocenters. The first kappa shape index (κ1) is 19.8. The van der Waals surface area contributed by atoms with E-state index in [0.29, 0.717) is 34.7 Å². The molecule has 1 unspecified atom stereocenters. The third kappa shape index (κ3) is 4.83. The Morgan fingerprint density at radius 1 is 1.32 bits per heavy atom. The van der Waals surface area contributed by atoms with Crippen LogP contribution in [0, 0.1) is 6.92 Å². The molecule has 148 valence electrons. The summed E-state index contributed by atoms with van der Waals surface area (Å²) in [6.07, 6.45) is -3.27. The lowest BCUT2D eigenvalue weighted by Gasteiger charge is -2.26. The van der Waals surface area contributed by atoms with Crippen LogP contribution in [-0.4, -0.2) is 36.4 Å². The van der Waals surface area contributed by atoms with Crippen molar-refractivity contribution in [2.75, 3.05) is 23.8 Å². The molecule has 0 saturated carbocycles. The van der Waals surface area contributed by atoms with Gasteiger partial charge in [0.1, 0.15) is 12.4 Å². The highest BCUT2D eigenvalue weighted by atomic mass is 19.4. The topological polar surface area (TPSA) is 70.6 Å². The fraction of sp³-hybridized carbons (Fsp3) is 0.250. The first-order valence-electron chi connectivity index (χ1n) is 8.57. The number of fused-ring (bicyclic) bond motifs is 1. The second-order valence-electron chi connectivity index (χ2n) is 6.45. The van der Waals surface area contributed by atoms with Crippen LogP contribution in [0.4, 0.5) is 24.5 Å². The number of nitrogens with one attached hydrogen (secondary N) is 2. The normalized spacial score (nSPS) is 16.2. The lowest BCUT2D eigenvalue weighted by atomic mass is 10.0. The molecule has 3 rings (SSSR count). The van der Waals surface area contributed by atoms with Gasteiger partial charge in [0, 0.05) is 23.4 Å². The van der Waals surface area contributed by atoms with Gasteiger partial charge in [-0.2, -0.15) is 13.2 Å². The van der Waals surface area contributed by atoms with E-state index in [2.05, 4.69) is 10.6 Å². The molecule has 0 aliphatic carbocycles. The van der Waals surface area contributed by atoms with Crippen molar-refractivity contribution in [3.8, 4) is 5.75 Å². The number of halogens is 3. The van der Waals surface area contributed by atoms with Crippen molar-refractivity contribution in [2.45, 2.75) is 19.1 Å². The van der Waals surface area contributed by atoms with E-state index >= 15 is 0 Å². The summed E-state index contributed by atoms with van der Waals surface area (Å²) in [5.41, 5.74) is 2.52. The Morgan fingerprint density at radius 3 is 2.79 bits per heavy atom. The summed E-state index contributed by atoms with van der Waals surface area (Å²) in [4.78, 5) is 12.5. The van der Waals surface area contributed by atoms with Crippen LogP contribution < -0.4 is 15.4 Å². The third-order valence-electron chi connectivity index (χ3n) is 4.22. The Morgan fingerprint density at radius 2 is 2.11 bits per heavy atom. The lowest BCUT2D eigenvalue weighted by Crippen LogP contribution is -2.34. The molecule has 1 aliphatic heterocycles. The van der Waals surface area contributed by atoms with Gasteiger partial charge in [0.05, 0.1) is 18.3 Å². The highest BCUT2D eigenvalue weighted by molar-refractivity contribution is 6.05. The molecule has 0 radical (unpaired) electrons. The van der Waals surface area contributed by atoms with E-state index in [4.69, 9.17) is 4.74 Å². The van der Waals surface area contributed by atoms with Crippen molar-refractivity contribution in [3.63, 3.8) is 0 Å². The average Bonchev–Trinajstić information content (AvgIpc) is 2.65. The van der Waals surface area contributed by atoms with E-state index in [0.717, 1.165) is 11.8 Å². The maximum atomic E-state index is 12.5. The predicted octanol–water partition coefficient (Wildman–Crippen LogP) is 3.99. The summed E-state index contributed by atoms with van der Waals surface area (Å²) in [5, 5.41) is 15.1. The maximum absolute atomic E-state index is 12.5. The van der Waals surface area contributed by atoms with Crippen LogP contribution in [0.25, 0.3) is 6.08 Å². The molecular weight excluding hydrogens is 373 g/mol. The number of amides is 1. The number of allylic oxidation sites excluding steroid dienone is 1. The van der Waals surface area contributed by atoms with Crippen LogP contribution >= 0.6 is 0 Å². The van der Waals surface area contributed by atoms with Crippen molar-refractivity contribution in [1.29, 1.82) is 0 Å². The number of hydrogen-bond donors (Lipinski definition) is 3. The maximum Gasteiger partial charge on any atom is 0.409 e. The Balaban J connectivity index is 1.72. The number of alkyl halides is 3. The van der Waals surface area contributed by atoms with Gasteiger partial charge in [-0.3, -0.25) is 4.79 Å². The van der Waals surface area contributed by atoms with Gasteiger partial charge in [0.25, 0.3) is 5.91 Å². The predicted molar refractivity (Wildman–Crippen MR) is 101 cm³/mol.